The van der Waals surface area contributed by atoms with E-state index in [-0.39, 0.29) is 11.9 Å². The number of piperidine rings is 1. The minimum atomic E-state index is 0.205. The molecule has 16 heavy (non-hydrogen) atoms. The molecular weight excluding hydrogens is 202 g/mol. The van der Waals surface area contributed by atoms with E-state index in [1.54, 1.807) is 7.11 Å². The van der Waals surface area contributed by atoms with E-state index >= 15 is 0 Å². The van der Waals surface area contributed by atoms with Gasteiger partial charge in [0.25, 0.3) is 0 Å². The van der Waals surface area contributed by atoms with Crippen molar-refractivity contribution >= 4 is 5.91 Å². The van der Waals surface area contributed by atoms with Gasteiger partial charge in [-0.15, -0.1) is 0 Å². The third-order valence-corrected chi connectivity index (χ3v) is 3.21. The number of likely N-dealkylation sites (tertiary alicyclic amines) is 1. The maximum Gasteiger partial charge on any atom is 0.222 e. The summed E-state index contributed by atoms with van der Waals surface area (Å²) in [5, 5.41) is 0. The van der Waals surface area contributed by atoms with Gasteiger partial charge in [0.1, 0.15) is 5.75 Å². The molecule has 0 aliphatic carbocycles. The van der Waals surface area contributed by atoms with Crippen LogP contribution in [0, 0.1) is 0 Å². The Morgan fingerprint density at radius 3 is 3.00 bits per heavy atom. The van der Waals surface area contributed by atoms with Crippen molar-refractivity contribution in [2.45, 2.75) is 25.3 Å². The first-order valence-electron chi connectivity index (χ1n) is 5.62. The van der Waals surface area contributed by atoms with Crippen LogP contribution in [-0.2, 0) is 4.79 Å². The van der Waals surface area contributed by atoms with Gasteiger partial charge in [-0.05, 0) is 30.5 Å². The SMILES string of the molecule is COc1cccc(C2CCCC(=O)N2C)c1. The fourth-order valence-electron chi connectivity index (χ4n) is 2.23. The molecule has 0 bridgehead atoms. The van der Waals surface area contributed by atoms with Crippen LogP contribution >= 0.6 is 0 Å². The van der Waals surface area contributed by atoms with E-state index in [9.17, 15) is 4.79 Å². The Bertz CT molecular complexity index is 389. The van der Waals surface area contributed by atoms with Crippen molar-refractivity contribution in [3.8, 4) is 5.75 Å². The van der Waals surface area contributed by atoms with Crippen LogP contribution in [0.3, 0.4) is 0 Å². The maximum atomic E-state index is 11.6. The van der Waals surface area contributed by atoms with Gasteiger partial charge >= 0.3 is 0 Å². The first-order chi connectivity index (χ1) is 7.72. The summed E-state index contributed by atoms with van der Waals surface area (Å²) in [5.41, 5.74) is 1.16. The molecule has 1 amide bonds. The van der Waals surface area contributed by atoms with Gasteiger partial charge < -0.3 is 9.64 Å². The van der Waals surface area contributed by atoms with E-state index in [1.165, 1.54) is 0 Å². The van der Waals surface area contributed by atoms with Crippen LogP contribution < -0.4 is 4.74 Å². The number of nitrogens with zero attached hydrogens (tertiary/aromatic N) is 1. The summed E-state index contributed by atoms with van der Waals surface area (Å²) in [6.07, 6.45) is 2.69. The molecule has 3 heteroatoms. The number of carbonyl (C=O) groups is 1. The van der Waals surface area contributed by atoms with Gasteiger partial charge in [-0.25, -0.2) is 0 Å². The van der Waals surface area contributed by atoms with Crippen molar-refractivity contribution in [1.29, 1.82) is 0 Å². The van der Waals surface area contributed by atoms with Gasteiger partial charge in [0, 0.05) is 13.5 Å². The van der Waals surface area contributed by atoms with E-state index in [1.807, 2.05) is 30.1 Å². The highest BCUT2D eigenvalue weighted by Gasteiger charge is 2.25. The molecule has 3 nitrogen and oxygen atoms in total. The summed E-state index contributed by atoms with van der Waals surface area (Å²) < 4.78 is 5.20. The molecule has 1 aliphatic rings. The Balaban J connectivity index is 2.25. The van der Waals surface area contributed by atoms with E-state index < -0.39 is 0 Å². The third kappa shape index (κ3) is 2.03. The molecule has 0 N–H and O–H groups in total. The average molecular weight is 219 g/mol. The number of methoxy groups -OCH3 is 1. The predicted molar refractivity (Wildman–Crippen MR) is 62.4 cm³/mol. The second kappa shape index (κ2) is 4.56. The summed E-state index contributed by atoms with van der Waals surface area (Å²) in [6.45, 7) is 0. The molecule has 0 radical (unpaired) electrons. The molecule has 0 aromatic heterocycles. The van der Waals surface area contributed by atoms with Crippen molar-refractivity contribution in [2.24, 2.45) is 0 Å². The van der Waals surface area contributed by atoms with E-state index in [4.69, 9.17) is 4.74 Å². The van der Waals surface area contributed by atoms with Gasteiger partial charge in [0.05, 0.1) is 13.2 Å². The number of hydrogen-bond donors (Lipinski definition) is 0. The zero-order valence-corrected chi connectivity index (χ0v) is 9.77. The molecule has 1 heterocycles. The van der Waals surface area contributed by atoms with Gasteiger partial charge in [-0.3, -0.25) is 4.79 Å². The van der Waals surface area contributed by atoms with Crippen LogP contribution in [0.5, 0.6) is 5.75 Å². The number of carbonyl (C=O) groups excluding carboxylic acids is 1. The summed E-state index contributed by atoms with van der Waals surface area (Å²) in [4.78, 5) is 13.5. The highest BCUT2D eigenvalue weighted by atomic mass is 16.5. The van der Waals surface area contributed by atoms with E-state index in [0.29, 0.717) is 6.42 Å². The zero-order chi connectivity index (χ0) is 11.5. The lowest BCUT2D eigenvalue weighted by atomic mass is 9.95. The minimum absolute atomic E-state index is 0.205. The number of ether oxygens (including phenoxy) is 1. The summed E-state index contributed by atoms with van der Waals surface area (Å²) in [6, 6.07) is 8.17. The number of rotatable bonds is 2. The predicted octanol–water partition coefficient (Wildman–Crippen LogP) is 2.38. The van der Waals surface area contributed by atoms with Gasteiger partial charge in [-0.2, -0.15) is 0 Å². The van der Waals surface area contributed by atoms with Crippen LogP contribution in [-0.4, -0.2) is 25.0 Å². The first-order valence-corrected chi connectivity index (χ1v) is 5.62. The van der Waals surface area contributed by atoms with Crippen molar-refractivity contribution in [1.82, 2.24) is 4.90 Å². The average Bonchev–Trinajstić information content (AvgIpc) is 2.33. The molecule has 1 aromatic rings. The molecule has 1 saturated heterocycles. The monoisotopic (exact) mass is 219 g/mol. The zero-order valence-electron chi connectivity index (χ0n) is 9.77. The van der Waals surface area contributed by atoms with Crippen molar-refractivity contribution in [3.05, 3.63) is 29.8 Å². The fraction of sp³-hybridized carbons (Fsp3) is 0.462. The van der Waals surface area contributed by atoms with Crippen LogP contribution in [0.1, 0.15) is 30.9 Å². The van der Waals surface area contributed by atoms with Gasteiger partial charge in [0.2, 0.25) is 5.91 Å². The van der Waals surface area contributed by atoms with Crippen molar-refractivity contribution in [2.75, 3.05) is 14.2 Å². The minimum Gasteiger partial charge on any atom is -0.497 e. The highest BCUT2D eigenvalue weighted by Crippen LogP contribution is 2.31. The Kier molecular flexibility index (Phi) is 3.13. The normalized spacial score (nSPS) is 21.0. The Hall–Kier alpha value is -1.51. The number of amides is 1. The summed E-state index contributed by atoms with van der Waals surface area (Å²) >= 11 is 0. The Labute approximate surface area is 96.0 Å². The smallest absolute Gasteiger partial charge is 0.222 e. The molecule has 1 aromatic carbocycles. The largest absolute Gasteiger partial charge is 0.497 e. The molecule has 2 rings (SSSR count). The van der Waals surface area contributed by atoms with E-state index in [0.717, 1.165) is 24.2 Å². The molecule has 0 saturated carbocycles. The lowest BCUT2D eigenvalue weighted by Crippen LogP contribution is -2.34. The molecule has 1 fully saturated rings. The Morgan fingerprint density at radius 2 is 2.25 bits per heavy atom. The molecule has 1 unspecified atom stereocenters. The highest BCUT2D eigenvalue weighted by molar-refractivity contribution is 5.77. The second-order valence-corrected chi connectivity index (χ2v) is 4.19. The van der Waals surface area contributed by atoms with Crippen molar-refractivity contribution < 1.29 is 9.53 Å². The molecule has 0 spiro atoms. The lowest BCUT2D eigenvalue weighted by Gasteiger charge is -2.32. The van der Waals surface area contributed by atoms with Crippen LogP contribution in [0.15, 0.2) is 24.3 Å². The molecule has 1 aliphatic heterocycles. The lowest BCUT2D eigenvalue weighted by molar-refractivity contribution is -0.134. The van der Waals surface area contributed by atoms with E-state index in [2.05, 4.69) is 6.07 Å². The summed E-state index contributed by atoms with van der Waals surface area (Å²) in [5.74, 6) is 1.09. The van der Waals surface area contributed by atoms with Crippen LogP contribution in [0.25, 0.3) is 0 Å². The third-order valence-electron chi connectivity index (χ3n) is 3.21. The first kappa shape index (κ1) is 11.0. The summed E-state index contributed by atoms with van der Waals surface area (Å²) in [7, 11) is 3.54. The molecule has 1 atom stereocenters. The fourth-order valence-corrected chi connectivity index (χ4v) is 2.23. The molecule has 86 valence electrons. The number of hydrogen-bond acceptors (Lipinski definition) is 2. The topological polar surface area (TPSA) is 29.5 Å². The number of benzene rings is 1. The molecular formula is C13H17NO2. The standard InChI is InChI=1S/C13H17NO2/c1-14-12(7-4-8-13(14)15)10-5-3-6-11(9-10)16-2/h3,5-6,9,12H,4,7-8H2,1-2H3. The van der Waals surface area contributed by atoms with Crippen molar-refractivity contribution in [3.63, 3.8) is 0 Å². The van der Waals surface area contributed by atoms with Gasteiger partial charge in [-0.1, -0.05) is 12.1 Å². The maximum absolute atomic E-state index is 11.6. The van der Waals surface area contributed by atoms with Crippen LogP contribution in [0.2, 0.25) is 0 Å². The quantitative estimate of drug-likeness (QED) is 0.764. The van der Waals surface area contributed by atoms with Gasteiger partial charge in [0.15, 0.2) is 0 Å². The van der Waals surface area contributed by atoms with Crippen LogP contribution in [0.4, 0.5) is 0 Å². The second-order valence-electron chi connectivity index (χ2n) is 4.19. The Morgan fingerprint density at radius 1 is 1.44 bits per heavy atom.